The van der Waals surface area contributed by atoms with E-state index < -0.39 is 6.04 Å². The van der Waals surface area contributed by atoms with Gasteiger partial charge in [0, 0.05) is 21.5 Å². The van der Waals surface area contributed by atoms with E-state index in [2.05, 4.69) is 37.0 Å². The van der Waals surface area contributed by atoms with Gasteiger partial charge < -0.3 is 16.0 Å². The van der Waals surface area contributed by atoms with E-state index in [0.29, 0.717) is 28.3 Å². The molecule has 1 aliphatic rings. The average molecular weight is 570 g/mol. The molecular formula is C30H28BrN5O2. The van der Waals surface area contributed by atoms with Crippen molar-refractivity contribution in [2.75, 3.05) is 16.0 Å². The van der Waals surface area contributed by atoms with Gasteiger partial charge in [-0.1, -0.05) is 63.5 Å². The number of benzene rings is 3. The summed E-state index contributed by atoms with van der Waals surface area (Å²) in [5.74, 6) is 0.0120. The van der Waals surface area contributed by atoms with Gasteiger partial charge in [0.1, 0.15) is 17.4 Å². The van der Waals surface area contributed by atoms with Gasteiger partial charge >= 0.3 is 0 Å². The van der Waals surface area contributed by atoms with Gasteiger partial charge in [0.25, 0.3) is 11.8 Å². The number of anilines is 3. The molecule has 0 aliphatic carbocycles. The number of nitrogens with zero attached hydrogens (tertiary/aromatic N) is 2. The highest BCUT2D eigenvalue weighted by Gasteiger charge is 2.35. The Kier molecular flexibility index (Phi) is 6.91. The second-order valence-corrected chi connectivity index (χ2v) is 10.5. The lowest BCUT2D eigenvalue weighted by atomic mass is 9.94. The fraction of sp³-hybridized carbons (Fsp3) is 0.167. The summed E-state index contributed by atoms with van der Waals surface area (Å²) in [7, 11) is 0. The molecule has 38 heavy (non-hydrogen) atoms. The van der Waals surface area contributed by atoms with Gasteiger partial charge in [-0.25, -0.2) is 4.68 Å². The van der Waals surface area contributed by atoms with Crippen molar-refractivity contribution in [1.82, 2.24) is 9.78 Å². The quantitative estimate of drug-likeness (QED) is 0.248. The minimum absolute atomic E-state index is 0.235. The molecule has 2 heterocycles. The Bertz CT molecular complexity index is 1570. The maximum absolute atomic E-state index is 13.7. The fourth-order valence-electron chi connectivity index (χ4n) is 4.65. The Labute approximate surface area is 230 Å². The molecule has 1 aromatic heterocycles. The van der Waals surface area contributed by atoms with Crippen LogP contribution in [0.5, 0.6) is 0 Å². The summed E-state index contributed by atoms with van der Waals surface area (Å²) in [6.45, 7) is 7.83. The molecule has 1 aliphatic heterocycles. The predicted octanol–water partition coefficient (Wildman–Crippen LogP) is 6.75. The number of fused-ring (bicyclic) bond motifs is 1. The van der Waals surface area contributed by atoms with Crippen LogP contribution in [0.25, 0.3) is 0 Å². The number of amides is 2. The smallest absolute Gasteiger partial charge is 0.261 e. The molecule has 4 aromatic rings. The number of halogens is 1. The first kappa shape index (κ1) is 25.5. The molecule has 7 nitrogen and oxygen atoms in total. The summed E-state index contributed by atoms with van der Waals surface area (Å²) in [6.07, 6.45) is 1.54. The lowest BCUT2D eigenvalue weighted by molar-refractivity contribution is -0.113. The van der Waals surface area contributed by atoms with Crippen LogP contribution in [0.4, 0.5) is 17.2 Å². The zero-order valence-electron chi connectivity index (χ0n) is 21.6. The molecule has 1 unspecified atom stereocenters. The number of rotatable bonds is 5. The van der Waals surface area contributed by atoms with Crippen molar-refractivity contribution in [3.63, 3.8) is 0 Å². The maximum Gasteiger partial charge on any atom is 0.261 e. The number of hydrogen-bond donors (Lipinski definition) is 3. The van der Waals surface area contributed by atoms with Crippen molar-refractivity contribution in [2.45, 2.75) is 33.7 Å². The summed E-state index contributed by atoms with van der Waals surface area (Å²) in [5.41, 5.74) is 7.09. The number of nitrogens with one attached hydrogen (secondary N) is 3. The Morgan fingerprint density at radius 1 is 0.868 bits per heavy atom. The summed E-state index contributed by atoms with van der Waals surface area (Å²) in [5, 5.41) is 13.9. The lowest BCUT2D eigenvalue weighted by Gasteiger charge is -2.30. The highest BCUT2D eigenvalue weighted by Crippen LogP contribution is 2.38. The average Bonchev–Trinajstić information content (AvgIpc) is 3.30. The summed E-state index contributed by atoms with van der Waals surface area (Å²) < 4.78 is 2.63. The summed E-state index contributed by atoms with van der Waals surface area (Å²) >= 11 is 3.50. The van der Waals surface area contributed by atoms with Crippen LogP contribution in [0.3, 0.4) is 0 Å². The van der Waals surface area contributed by atoms with Gasteiger partial charge in [-0.3, -0.25) is 9.59 Å². The van der Waals surface area contributed by atoms with Crippen LogP contribution in [0.2, 0.25) is 0 Å². The molecule has 0 fully saturated rings. The van der Waals surface area contributed by atoms with Crippen molar-refractivity contribution >= 4 is 44.9 Å². The van der Waals surface area contributed by atoms with Gasteiger partial charge in [-0.2, -0.15) is 5.10 Å². The zero-order valence-corrected chi connectivity index (χ0v) is 23.2. The van der Waals surface area contributed by atoms with Crippen LogP contribution >= 0.6 is 15.9 Å². The predicted molar refractivity (Wildman–Crippen MR) is 155 cm³/mol. The van der Waals surface area contributed by atoms with E-state index >= 15 is 0 Å². The van der Waals surface area contributed by atoms with E-state index in [0.717, 1.165) is 32.4 Å². The van der Waals surface area contributed by atoms with Crippen molar-refractivity contribution in [2.24, 2.45) is 0 Å². The first-order chi connectivity index (χ1) is 18.2. The monoisotopic (exact) mass is 569 g/mol. The Morgan fingerprint density at radius 2 is 1.55 bits per heavy atom. The second kappa shape index (κ2) is 10.3. The van der Waals surface area contributed by atoms with E-state index in [9.17, 15) is 9.59 Å². The highest BCUT2D eigenvalue weighted by atomic mass is 79.9. The highest BCUT2D eigenvalue weighted by molar-refractivity contribution is 9.10. The third kappa shape index (κ3) is 4.99. The largest absolute Gasteiger partial charge is 0.343 e. The summed E-state index contributed by atoms with van der Waals surface area (Å²) in [6, 6.07) is 20.8. The van der Waals surface area contributed by atoms with Crippen molar-refractivity contribution in [3.8, 4) is 0 Å². The third-order valence-electron chi connectivity index (χ3n) is 6.64. The molecule has 8 heteroatoms. The van der Waals surface area contributed by atoms with E-state index in [4.69, 9.17) is 0 Å². The standard InChI is InChI=1S/C30H28BrN5O2/c1-17-5-12-23(13-6-17)34-29(37)24-16-32-36-27(21-8-10-22(31)11-9-21)26(20(4)33-28(24)36)30(38)35-25-14-7-18(2)15-19(25)3/h5-16,27,33H,1-4H3,(H,34,37)(H,35,38). The van der Waals surface area contributed by atoms with E-state index in [1.54, 1.807) is 4.68 Å². The molecule has 2 amide bonds. The van der Waals surface area contributed by atoms with Crippen molar-refractivity contribution in [1.29, 1.82) is 0 Å². The normalized spacial score (nSPS) is 14.5. The van der Waals surface area contributed by atoms with Gasteiger partial charge in [0.05, 0.1) is 11.8 Å². The number of allylic oxidation sites excluding steroid dienone is 1. The van der Waals surface area contributed by atoms with E-state index in [1.807, 2.05) is 94.4 Å². The third-order valence-corrected chi connectivity index (χ3v) is 7.17. The topological polar surface area (TPSA) is 88.0 Å². The number of hydrogen-bond acceptors (Lipinski definition) is 4. The minimum Gasteiger partial charge on any atom is -0.343 e. The van der Waals surface area contributed by atoms with Gasteiger partial charge in [-0.15, -0.1) is 0 Å². The number of aryl methyl sites for hydroxylation is 3. The Balaban J connectivity index is 1.53. The molecule has 0 radical (unpaired) electrons. The van der Waals surface area contributed by atoms with Gasteiger partial charge in [0.2, 0.25) is 0 Å². The van der Waals surface area contributed by atoms with Crippen LogP contribution in [0.15, 0.2) is 88.7 Å². The maximum atomic E-state index is 13.7. The second-order valence-electron chi connectivity index (χ2n) is 9.56. The van der Waals surface area contributed by atoms with E-state index in [1.165, 1.54) is 6.20 Å². The first-order valence-corrected chi connectivity index (χ1v) is 13.1. The molecule has 1 atom stereocenters. The molecule has 0 saturated heterocycles. The lowest BCUT2D eigenvalue weighted by Crippen LogP contribution is -2.32. The van der Waals surface area contributed by atoms with Crippen LogP contribution < -0.4 is 16.0 Å². The van der Waals surface area contributed by atoms with Crippen LogP contribution in [0, 0.1) is 20.8 Å². The molecule has 192 valence electrons. The van der Waals surface area contributed by atoms with E-state index in [-0.39, 0.29) is 11.8 Å². The van der Waals surface area contributed by atoms with Crippen molar-refractivity contribution in [3.05, 3.63) is 116 Å². The number of aromatic nitrogens is 2. The first-order valence-electron chi connectivity index (χ1n) is 12.3. The van der Waals surface area contributed by atoms with Crippen LogP contribution in [-0.2, 0) is 4.79 Å². The molecule has 3 N–H and O–H groups in total. The summed E-state index contributed by atoms with van der Waals surface area (Å²) in [4.78, 5) is 27.0. The van der Waals surface area contributed by atoms with Crippen LogP contribution in [-0.4, -0.2) is 21.6 Å². The van der Waals surface area contributed by atoms with Gasteiger partial charge in [-0.05, 0) is 69.2 Å². The van der Waals surface area contributed by atoms with Gasteiger partial charge in [0.15, 0.2) is 0 Å². The number of carbonyl (C=O) groups excluding carboxylic acids is 2. The Morgan fingerprint density at radius 3 is 2.24 bits per heavy atom. The number of carbonyl (C=O) groups is 2. The van der Waals surface area contributed by atoms with Crippen molar-refractivity contribution < 1.29 is 9.59 Å². The fourth-order valence-corrected chi connectivity index (χ4v) is 4.91. The molecule has 0 bridgehead atoms. The molecule has 0 saturated carbocycles. The molecule has 5 rings (SSSR count). The SMILES string of the molecule is CC1=C(C(=O)Nc2ccc(C)cc2C)C(c2ccc(Br)cc2)n2ncc(C(=O)Nc3ccc(C)cc3)c2N1. The Hall–Kier alpha value is -4.17. The zero-order chi connectivity index (χ0) is 27.0. The molecular weight excluding hydrogens is 542 g/mol. The molecule has 0 spiro atoms. The molecule has 3 aromatic carbocycles. The minimum atomic E-state index is -0.536. The van der Waals surface area contributed by atoms with Crippen LogP contribution in [0.1, 0.15) is 45.6 Å².